The molecule has 4 nitrogen and oxygen atoms in total. The van der Waals surface area contributed by atoms with Gasteiger partial charge in [-0.2, -0.15) is 5.10 Å². The first-order valence-corrected chi connectivity index (χ1v) is 5.45. The molecule has 0 aliphatic rings. The van der Waals surface area contributed by atoms with Gasteiger partial charge >= 0.3 is 0 Å². The van der Waals surface area contributed by atoms with E-state index in [2.05, 4.69) is 24.3 Å². The van der Waals surface area contributed by atoms with E-state index in [1.165, 1.54) is 5.56 Å². The lowest BCUT2D eigenvalue weighted by Gasteiger charge is -2.21. The van der Waals surface area contributed by atoms with Gasteiger partial charge in [-0.15, -0.1) is 0 Å². The summed E-state index contributed by atoms with van der Waals surface area (Å²) in [6.07, 6.45) is 4.67. The van der Waals surface area contributed by atoms with Gasteiger partial charge in [-0.05, 0) is 12.3 Å². The molecule has 86 valence electrons. The second-order valence-corrected chi connectivity index (χ2v) is 4.27. The number of nitrogens with one attached hydrogen (secondary N) is 1. The molecule has 0 aliphatic carbocycles. The third-order valence-corrected chi connectivity index (χ3v) is 2.57. The molecule has 0 amide bonds. The molecule has 1 heterocycles. The SMILES string of the molecule is CC(C)C(CCO)NCc1cnn(C)c1. The normalized spacial score (nSPS) is 13.4. The van der Waals surface area contributed by atoms with Gasteiger partial charge in [0.2, 0.25) is 0 Å². The number of aryl methyl sites for hydroxylation is 1. The number of aromatic nitrogens is 2. The summed E-state index contributed by atoms with van der Waals surface area (Å²) in [7, 11) is 1.91. The molecule has 1 aromatic heterocycles. The second kappa shape index (κ2) is 5.88. The van der Waals surface area contributed by atoms with Crippen LogP contribution in [0.25, 0.3) is 0 Å². The van der Waals surface area contributed by atoms with Crippen LogP contribution in [-0.4, -0.2) is 27.5 Å². The van der Waals surface area contributed by atoms with Gasteiger partial charge in [-0.25, -0.2) is 0 Å². The van der Waals surface area contributed by atoms with Gasteiger partial charge in [-0.3, -0.25) is 4.68 Å². The number of hydrogen-bond acceptors (Lipinski definition) is 3. The van der Waals surface area contributed by atoms with Crippen LogP contribution in [-0.2, 0) is 13.6 Å². The van der Waals surface area contributed by atoms with Crippen molar-refractivity contribution in [2.24, 2.45) is 13.0 Å². The fraction of sp³-hybridized carbons (Fsp3) is 0.727. The first-order chi connectivity index (χ1) is 7.13. The topological polar surface area (TPSA) is 50.1 Å². The minimum atomic E-state index is 0.239. The Hall–Kier alpha value is -0.870. The minimum Gasteiger partial charge on any atom is -0.396 e. The number of rotatable bonds is 6. The molecule has 1 aromatic rings. The Balaban J connectivity index is 2.39. The van der Waals surface area contributed by atoms with Crippen molar-refractivity contribution in [3.63, 3.8) is 0 Å². The van der Waals surface area contributed by atoms with E-state index >= 15 is 0 Å². The van der Waals surface area contributed by atoms with E-state index in [1.54, 1.807) is 4.68 Å². The van der Waals surface area contributed by atoms with E-state index in [-0.39, 0.29) is 6.61 Å². The molecule has 0 bridgehead atoms. The highest BCUT2D eigenvalue weighted by Crippen LogP contribution is 2.07. The predicted molar refractivity (Wildman–Crippen MR) is 60.4 cm³/mol. The van der Waals surface area contributed by atoms with Crippen molar-refractivity contribution < 1.29 is 5.11 Å². The molecule has 0 spiro atoms. The third-order valence-electron chi connectivity index (χ3n) is 2.57. The highest BCUT2D eigenvalue weighted by atomic mass is 16.3. The van der Waals surface area contributed by atoms with E-state index < -0.39 is 0 Å². The van der Waals surface area contributed by atoms with Crippen molar-refractivity contribution >= 4 is 0 Å². The first kappa shape index (κ1) is 12.2. The molecule has 0 aromatic carbocycles. The summed E-state index contributed by atoms with van der Waals surface area (Å²) in [5.41, 5.74) is 1.18. The van der Waals surface area contributed by atoms with Gasteiger partial charge in [-0.1, -0.05) is 13.8 Å². The molecular formula is C11H21N3O. The van der Waals surface area contributed by atoms with E-state index in [4.69, 9.17) is 5.11 Å². The van der Waals surface area contributed by atoms with E-state index in [0.717, 1.165) is 13.0 Å². The van der Waals surface area contributed by atoms with Gasteiger partial charge in [0.1, 0.15) is 0 Å². The minimum absolute atomic E-state index is 0.239. The molecule has 0 saturated carbocycles. The van der Waals surface area contributed by atoms with Gasteiger partial charge in [0.15, 0.2) is 0 Å². The van der Waals surface area contributed by atoms with Crippen molar-refractivity contribution in [3.8, 4) is 0 Å². The molecule has 15 heavy (non-hydrogen) atoms. The van der Waals surface area contributed by atoms with Crippen LogP contribution < -0.4 is 5.32 Å². The Labute approximate surface area is 91.3 Å². The molecule has 0 saturated heterocycles. The van der Waals surface area contributed by atoms with E-state index in [9.17, 15) is 0 Å². The maximum absolute atomic E-state index is 8.93. The fourth-order valence-electron chi connectivity index (χ4n) is 1.62. The quantitative estimate of drug-likeness (QED) is 0.735. The first-order valence-electron chi connectivity index (χ1n) is 5.45. The molecule has 0 fully saturated rings. The van der Waals surface area contributed by atoms with E-state index in [1.807, 2.05) is 19.4 Å². The molecule has 1 rings (SSSR count). The van der Waals surface area contributed by atoms with Gasteiger partial charge in [0.25, 0.3) is 0 Å². The summed E-state index contributed by atoms with van der Waals surface area (Å²) in [6, 6.07) is 0.371. The van der Waals surface area contributed by atoms with Crippen LogP contribution >= 0.6 is 0 Å². The predicted octanol–water partition coefficient (Wildman–Crippen LogP) is 0.917. The summed E-state index contributed by atoms with van der Waals surface area (Å²) in [5.74, 6) is 0.536. The van der Waals surface area contributed by atoms with Crippen molar-refractivity contribution in [2.75, 3.05) is 6.61 Å². The molecule has 1 atom stereocenters. The molecule has 1 unspecified atom stereocenters. The standard InChI is InChI=1S/C11H21N3O/c1-9(2)11(4-5-15)12-6-10-7-13-14(3)8-10/h7-9,11-12,15H,4-6H2,1-3H3. The smallest absolute Gasteiger partial charge is 0.0534 e. The average Bonchev–Trinajstić information content (AvgIpc) is 2.58. The van der Waals surface area contributed by atoms with Crippen molar-refractivity contribution in [1.29, 1.82) is 0 Å². The zero-order valence-electron chi connectivity index (χ0n) is 9.77. The van der Waals surface area contributed by atoms with Crippen molar-refractivity contribution in [3.05, 3.63) is 18.0 Å². The summed E-state index contributed by atoms with van der Waals surface area (Å²) < 4.78 is 1.80. The number of aliphatic hydroxyl groups is 1. The van der Waals surface area contributed by atoms with Gasteiger partial charge < -0.3 is 10.4 Å². The van der Waals surface area contributed by atoms with Crippen LogP contribution in [0, 0.1) is 5.92 Å². The van der Waals surface area contributed by atoms with Crippen LogP contribution in [0.1, 0.15) is 25.8 Å². The number of hydrogen-bond donors (Lipinski definition) is 2. The highest BCUT2D eigenvalue weighted by Gasteiger charge is 2.11. The van der Waals surface area contributed by atoms with Crippen LogP contribution in [0.3, 0.4) is 0 Å². The fourth-order valence-corrected chi connectivity index (χ4v) is 1.62. The Morgan fingerprint density at radius 1 is 1.53 bits per heavy atom. The lowest BCUT2D eigenvalue weighted by molar-refractivity contribution is 0.244. The van der Waals surface area contributed by atoms with Crippen LogP contribution in [0.5, 0.6) is 0 Å². The Morgan fingerprint density at radius 3 is 2.73 bits per heavy atom. The summed E-state index contributed by atoms with van der Waals surface area (Å²) >= 11 is 0. The lowest BCUT2D eigenvalue weighted by atomic mass is 10.0. The van der Waals surface area contributed by atoms with Crippen molar-refractivity contribution in [2.45, 2.75) is 32.9 Å². The Morgan fingerprint density at radius 2 is 2.27 bits per heavy atom. The van der Waals surface area contributed by atoms with Gasteiger partial charge in [0, 0.05) is 38.0 Å². The molecule has 0 aliphatic heterocycles. The van der Waals surface area contributed by atoms with Crippen LogP contribution in [0.2, 0.25) is 0 Å². The molecule has 4 heteroatoms. The lowest BCUT2D eigenvalue weighted by Crippen LogP contribution is -2.34. The molecule has 0 radical (unpaired) electrons. The largest absolute Gasteiger partial charge is 0.396 e. The van der Waals surface area contributed by atoms with Gasteiger partial charge in [0.05, 0.1) is 6.20 Å². The number of nitrogens with zero attached hydrogens (tertiary/aromatic N) is 2. The summed E-state index contributed by atoms with van der Waals surface area (Å²) in [6.45, 7) is 5.38. The third kappa shape index (κ3) is 4.01. The summed E-state index contributed by atoms with van der Waals surface area (Å²) in [5, 5.41) is 16.5. The maximum Gasteiger partial charge on any atom is 0.0534 e. The maximum atomic E-state index is 8.93. The second-order valence-electron chi connectivity index (χ2n) is 4.27. The zero-order valence-corrected chi connectivity index (χ0v) is 9.77. The van der Waals surface area contributed by atoms with Crippen LogP contribution in [0.4, 0.5) is 0 Å². The number of aliphatic hydroxyl groups excluding tert-OH is 1. The highest BCUT2D eigenvalue weighted by molar-refractivity contribution is 5.03. The average molecular weight is 211 g/mol. The summed E-state index contributed by atoms with van der Waals surface area (Å²) in [4.78, 5) is 0. The van der Waals surface area contributed by atoms with Crippen molar-refractivity contribution in [1.82, 2.24) is 15.1 Å². The Kier molecular flexibility index (Phi) is 4.78. The monoisotopic (exact) mass is 211 g/mol. The van der Waals surface area contributed by atoms with E-state index in [0.29, 0.717) is 12.0 Å². The molecule has 2 N–H and O–H groups in total. The Bertz CT molecular complexity index is 283. The molecular weight excluding hydrogens is 190 g/mol. The zero-order chi connectivity index (χ0) is 11.3. The van der Waals surface area contributed by atoms with Crippen LogP contribution in [0.15, 0.2) is 12.4 Å².